The number of aryl methyl sites for hydroxylation is 1. The Morgan fingerprint density at radius 2 is 1.93 bits per heavy atom. The number of carbonyl (C=O) groups excluding carboxylic acids is 1. The summed E-state index contributed by atoms with van der Waals surface area (Å²) in [5, 5.41) is 8.75. The highest BCUT2D eigenvalue weighted by molar-refractivity contribution is 6.07. The molecule has 0 spiro atoms. The Kier molecular flexibility index (Phi) is 4.52. The number of hydrogen-bond donors (Lipinski definition) is 2. The van der Waals surface area contributed by atoms with E-state index in [2.05, 4.69) is 4.98 Å². The van der Waals surface area contributed by atoms with Crippen molar-refractivity contribution in [3.8, 4) is 0 Å². The summed E-state index contributed by atoms with van der Waals surface area (Å²) in [5.74, 6) is -3.25. The summed E-state index contributed by atoms with van der Waals surface area (Å²) in [4.78, 5) is 51.3. The highest BCUT2D eigenvalue weighted by Crippen LogP contribution is 2.24. The molecular formula is C18H15FN2O6. The van der Waals surface area contributed by atoms with Gasteiger partial charge in [0.1, 0.15) is 16.9 Å². The number of hydrogen-bond acceptors (Lipinski definition) is 5. The average Bonchev–Trinajstić information content (AvgIpc) is 2.62. The van der Waals surface area contributed by atoms with E-state index in [0.717, 1.165) is 18.5 Å². The third-order valence-corrected chi connectivity index (χ3v) is 4.21. The Morgan fingerprint density at radius 1 is 1.22 bits per heavy atom. The molecule has 0 saturated carbocycles. The molecule has 2 heterocycles. The van der Waals surface area contributed by atoms with E-state index < -0.39 is 34.2 Å². The first-order valence-corrected chi connectivity index (χ1v) is 8.13. The van der Waals surface area contributed by atoms with Crippen LogP contribution in [0.4, 0.5) is 4.39 Å². The topological polar surface area (TPSA) is 118 Å². The van der Waals surface area contributed by atoms with E-state index in [-0.39, 0.29) is 40.5 Å². The fourth-order valence-corrected chi connectivity index (χ4v) is 3.00. The van der Waals surface area contributed by atoms with Gasteiger partial charge in [0, 0.05) is 18.9 Å². The van der Waals surface area contributed by atoms with Crippen LogP contribution in [0, 0.1) is 5.82 Å². The minimum absolute atomic E-state index is 0.0435. The summed E-state index contributed by atoms with van der Waals surface area (Å²) in [7, 11) is 0. The van der Waals surface area contributed by atoms with Gasteiger partial charge < -0.3 is 19.4 Å². The van der Waals surface area contributed by atoms with Gasteiger partial charge in [0.15, 0.2) is 0 Å². The molecule has 0 unspecified atom stereocenters. The van der Waals surface area contributed by atoms with Gasteiger partial charge in [-0.25, -0.2) is 14.0 Å². The van der Waals surface area contributed by atoms with Crippen molar-refractivity contribution in [3.63, 3.8) is 0 Å². The summed E-state index contributed by atoms with van der Waals surface area (Å²) in [5.41, 5.74) is -2.74. The third-order valence-electron chi connectivity index (χ3n) is 4.21. The zero-order valence-electron chi connectivity index (χ0n) is 14.5. The van der Waals surface area contributed by atoms with Crippen LogP contribution in [0.5, 0.6) is 0 Å². The van der Waals surface area contributed by atoms with Crippen molar-refractivity contribution in [3.05, 3.63) is 55.9 Å². The maximum Gasteiger partial charge on any atom is 0.343 e. The first-order valence-electron chi connectivity index (χ1n) is 8.13. The molecule has 0 radical (unpaired) electrons. The van der Waals surface area contributed by atoms with Gasteiger partial charge in [-0.2, -0.15) is 0 Å². The van der Waals surface area contributed by atoms with Gasteiger partial charge in [-0.15, -0.1) is 0 Å². The molecule has 9 heteroatoms. The number of pyridine rings is 2. The molecule has 0 aliphatic carbocycles. The quantitative estimate of drug-likeness (QED) is 0.532. The highest BCUT2D eigenvalue weighted by Gasteiger charge is 2.22. The van der Waals surface area contributed by atoms with E-state index in [0.29, 0.717) is 0 Å². The second kappa shape index (κ2) is 6.67. The molecule has 140 valence electrons. The number of benzene rings is 1. The van der Waals surface area contributed by atoms with Crippen LogP contribution in [0.1, 0.15) is 34.6 Å². The van der Waals surface area contributed by atoms with E-state index >= 15 is 0 Å². The van der Waals surface area contributed by atoms with Crippen molar-refractivity contribution in [2.24, 2.45) is 0 Å². The average molecular weight is 374 g/mol. The lowest BCUT2D eigenvalue weighted by Gasteiger charge is -2.13. The van der Waals surface area contributed by atoms with Crippen LogP contribution in [0.2, 0.25) is 0 Å². The first-order chi connectivity index (χ1) is 12.8. The Balaban J connectivity index is 2.59. The van der Waals surface area contributed by atoms with Crippen molar-refractivity contribution in [2.75, 3.05) is 6.61 Å². The van der Waals surface area contributed by atoms with Crippen LogP contribution in [0.25, 0.3) is 21.8 Å². The van der Waals surface area contributed by atoms with E-state index in [1.54, 1.807) is 13.8 Å². The summed E-state index contributed by atoms with van der Waals surface area (Å²) < 4.78 is 20.7. The Labute approximate surface area is 150 Å². The van der Waals surface area contributed by atoms with Gasteiger partial charge in [-0.05, 0) is 19.9 Å². The van der Waals surface area contributed by atoms with Gasteiger partial charge in [0.05, 0.1) is 28.4 Å². The smallest absolute Gasteiger partial charge is 0.343 e. The van der Waals surface area contributed by atoms with Gasteiger partial charge in [0.2, 0.25) is 10.9 Å². The lowest BCUT2D eigenvalue weighted by atomic mass is 10.0. The van der Waals surface area contributed by atoms with Gasteiger partial charge in [-0.3, -0.25) is 9.59 Å². The van der Waals surface area contributed by atoms with Gasteiger partial charge in [-0.1, -0.05) is 0 Å². The summed E-state index contributed by atoms with van der Waals surface area (Å²) in [6.45, 7) is 3.50. The van der Waals surface area contributed by atoms with Crippen LogP contribution in [0.15, 0.2) is 28.0 Å². The molecular weight excluding hydrogens is 359 g/mol. The predicted molar refractivity (Wildman–Crippen MR) is 94.9 cm³/mol. The fraction of sp³-hybridized carbons (Fsp3) is 0.222. The minimum atomic E-state index is -1.46. The lowest BCUT2D eigenvalue weighted by molar-refractivity contribution is 0.0524. The number of carboxylic acid groups (broad SMARTS) is 1. The number of ether oxygens (including phenoxy) is 1. The van der Waals surface area contributed by atoms with Crippen molar-refractivity contribution in [1.82, 2.24) is 9.55 Å². The molecule has 27 heavy (non-hydrogen) atoms. The molecule has 0 bridgehead atoms. The lowest BCUT2D eigenvalue weighted by Crippen LogP contribution is -2.23. The van der Waals surface area contributed by atoms with Crippen LogP contribution in [-0.2, 0) is 11.3 Å². The Morgan fingerprint density at radius 3 is 2.52 bits per heavy atom. The molecule has 0 fully saturated rings. The number of H-pyrrole nitrogens is 1. The number of nitrogens with zero attached hydrogens (tertiary/aromatic N) is 1. The molecule has 0 saturated heterocycles. The van der Waals surface area contributed by atoms with Crippen LogP contribution in [-0.4, -0.2) is 33.2 Å². The van der Waals surface area contributed by atoms with Crippen molar-refractivity contribution < 1.29 is 23.8 Å². The molecule has 0 aliphatic rings. The number of esters is 1. The highest BCUT2D eigenvalue weighted by atomic mass is 19.1. The van der Waals surface area contributed by atoms with Crippen molar-refractivity contribution in [1.29, 1.82) is 0 Å². The number of carboxylic acids is 1. The molecule has 1 aromatic carbocycles. The molecule has 8 nitrogen and oxygen atoms in total. The zero-order valence-corrected chi connectivity index (χ0v) is 14.5. The predicted octanol–water partition coefficient (Wildman–Crippen LogP) is 1.88. The van der Waals surface area contributed by atoms with Gasteiger partial charge >= 0.3 is 11.9 Å². The van der Waals surface area contributed by atoms with Crippen LogP contribution >= 0.6 is 0 Å². The Hall–Kier alpha value is -3.49. The minimum Gasteiger partial charge on any atom is -0.477 e. The second-order valence-corrected chi connectivity index (χ2v) is 5.72. The summed E-state index contributed by atoms with van der Waals surface area (Å²) >= 11 is 0. The zero-order chi connectivity index (χ0) is 19.9. The number of aromatic nitrogens is 2. The normalized spacial score (nSPS) is 11.1. The molecule has 0 atom stereocenters. The van der Waals surface area contributed by atoms with E-state index in [9.17, 15) is 28.7 Å². The SMILES string of the molecule is CCOC(=O)c1c[nH]c2c(F)cc3c(=O)c(C(=O)O)cn(CC)c3c2c1=O. The van der Waals surface area contributed by atoms with E-state index in [4.69, 9.17) is 4.74 Å². The van der Waals surface area contributed by atoms with Crippen molar-refractivity contribution in [2.45, 2.75) is 20.4 Å². The maximum absolute atomic E-state index is 14.5. The van der Waals surface area contributed by atoms with E-state index in [1.165, 1.54) is 4.57 Å². The largest absolute Gasteiger partial charge is 0.477 e. The van der Waals surface area contributed by atoms with Crippen LogP contribution < -0.4 is 10.9 Å². The number of rotatable bonds is 4. The number of carbonyl (C=O) groups is 2. The number of nitrogens with one attached hydrogen (secondary N) is 1. The van der Waals surface area contributed by atoms with Crippen LogP contribution in [0.3, 0.4) is 0 Å². The third kappa shape index (κ3) is 2.77. The van der Waals surface area contributed by atoms with Gasteiger partial charge in [0.25, 0.3) is 0 Å². The van der Waals surface area contributed by atoms with E-state index in [1.807, 2.05) is 0 Å². The Bertz CT molecular complexity index is 1220. The number of fused-ring (bicyclic) bond motifs is 3. The maximum atomic E-state index is 14.5. The molecule has 3 rings (SSSR count). The fourth-order valence-electron chi connectivity index (χ4n) is 3.00. The molecule has 0 aliphatic heterocycles. The molecule has 2 N–H and O–H groups in total. The van der Waals surface area contributed by atoms with Crippen molar-refractivity contribution >= 4 is 33.7 Å². The number of aromatic carboxylic acids is 1. The summed E-state index contributed by atoms with van der Waals surface area (Å²) in [6.07, 6.45) is 2.15. The number of aromatic amines is 1. The summed E-state index contributed by atoms with van der Waals surface area (Å²) in [6, 6.07) is 0.887. The standard InChI is InChI=1S/C18H15FN2O6/c1-3-21-7-10(17(24)25)15(22)8-5-11(19)13-12(14(8)21)16(23)9(6-20-13)18(26)27-4-2/h5-7H,3-4H2,1-2H3,(H,20,23)(H,24,25). The first kappa shape index (κ1) is 18.3. The monoisotopic (exact) mass is 374 g/mol. The second-order valence-electron chi connectivity index (χ2n) is 5.72. The molecule has 3 aromatic rings. The number of halogens is 1. The molecule has 2 aromatic heterocycles. The molecule has 0 amide bonds.